The molecule has 1 amide bonds. The van der Waals surface area contributed by atoms with Crippen LogP contribution in [0.5, 0.6) is 5.75 Å². The zero-order chi connectivity index (χ0) is 25.1. The van der Waals surface area contributed by atoms with Gasteiger partial charge in [0.15, 0.2) is 0 Å². The zero-order valence-electron chi connectivity index (χ0n) is 20.3. The predicted octanol–water partition coefficient (Wildman–Crippen LogP) is 5.62. The van der Waals surface area contributed by atoms with E-state index in [4.69, 9.17) is 25.0 Å². The van der Waals surface area contributed by atoms with E-state index < -0.39 is 5.91 Å². The fourth-order valence-corrected chi connectivity index (χ4v) is 5.08. The lowest BCUT2D eigenvalue weighted by atomic mass is 9.95. The molecule has 3 aromatic heterocycles. The fourth-order valence-electron chi connectivity index (χ4n) is 5.08. The number of ether oxygens (including phenoxy) is 1. The first-order chi connectivity index (χ1) is 17.4. The van der Waals surface area contributed by atoms with E-state index in [0.29, 0.717) is 22.8 Å². The number of benzene rings is 3. The van der Waals surface area contributed by atoms with Crippen molar-refractivity contribution < 1.29 is 14.1 Å². The molecule has 0 spiro atoms. The van der Waals surface area contributed by atoms with Crippen molar-refractivity contribution >= 4 is 38.6 Å². The Morgan fingerprint density at radius 2 is 1.75 bits per heavy atom. The summed E-state index contributed by atoms with van der Waals surface area (Å²) in [6.07, 6.45) is 0. The Kier molecular flexibility index (Phi) is 4.79. The number of aryl methyl sites for hydroxylation is 3. The summed E-state index contributed by atoms with van der Waals surface area (Å²) in [7, 11) is 1.65. The maximum atomic E-state index is 12.1. The third kappa shape index (κ3) is 3.15. The van der Waals surface area contributed by atoms with E-state index in [1.54, 1.807) is 13.2 Å². The van der Waals surface area contributed by atoms with Crippen LogP contribution in [0.25, 0.3) is 55.1 Å². The van der Waals surface area contributed by atoms with Gasteiger partial charge in [-0.05, 0) is 49.7 Å². The Hall–Kier alpha value is -4.72. The largest absolute Gasteiger partial charge is 0.496 e. The number of rotatable bonds is 4. The minimum atomic E-state index is -0.467. The number of nitrogens with one attached hydrogen (secondary N) is 1. The molecule has 178 valence electrons. The molecule has 3 N–H and O–H groups in total. The SMILES string of the molecule is COc1cc2c(cc1-c1c(C)noc1C)[nH]c1nc(C)nc(-c3ccc(C(N)=O)c4ccccc34)c12. The van der Waals surface area contributed by atoms with Gasteiger partial charge in [-0.2, -0.15) is 0 Å². The number of aromatic nitrogens is 4. The summed E-state index contributed by atoms with van der Waals surface area (Å²) in [5, 5.41) is 7.58. The van der Waals surface area contributed by atoms with Crippen molar-refractivity contribution in [3.63, 3.8) is 0 Å². The van der Waals surface area contributed by atoms with E-state index >= 15 is 0 Å². The number of aromatic amines is 1. The number of hydrogen-bond acceptors (Lipinski definition) is 6. The van der Waals surface area contributed by atoms with Gasteiger partial charge >= 0.3 is 0 Å². The number of nitrogens with two attached hydrogens (primary N) is 1. The minimum absolute atomic E-state index is 0.467. The van der Waals surface area contributed by atoms with E-state index in [1.807, 2.05) is 63.2 Å². The summed E-state index contributed by atoms with van der Waals surface area (Å²) in [5.74, 6) is 1.58. The number of primary amides is 1. The van der Waals surface area contributed by atoms with Crippen LogP contribution >= 0.6 is 0 Å². The van der Waals surface area contributed by atoms with Crippen LogP contribution in [0.1, 0.15) is 27.6 Å². The monoisotopic (exact) mass is 477 g/mol. The molecule has 6 aromatic rings. The van der Waals surface area contributed by atoms with Gasteiger partial charge in [0, 0.05) is 27.6 Å². The number of fused-ring (bicyclic) bond motifs is 4. The standard InChI is InChI=1S/C28H23N5O3/c1-13-24(14(2)36-33-13)21-11-22-20(12-23(21)35-4)25-26(30-15(3)31-28(25)32-22)18-9-10-19(27(29)34)17-8-6-5-7-16(17)18/h5-12H,1-4H3,(H2,29,34)(H,30,31,32). The van der Waals surface area contributed by atoms with Crippen molar-refractivity contribution in [1.29, 1.82) is 0 Å². The molecule has 0 aliphatic carbocycles. The molecular weight excluding hydrogens is 454 g/mol. The van der Waals surface area contributed by atoms with Crippen molar-refractivity contribution in [2.45, 2.75) is 20.8 Å². The number of hydrogen-bond donors (Lipinski definition) is 2. The van der Waals surface area contributed by atoms with Gasteiger partial charge in [-0.3, -0.25) is 4.79 Å². The summed E-state index contributed by atoms with van der Waals surface area (Å²) in [6, 6.07) is 15.4. The molecule has 8 nitrogen and oxygen atoms in total. The highest BCUT2D eigenvalue weighted by atomic mass is 16.5. The Labute approximate surface area is 206 Å². The first kappa shape index (κ1) is 21.8. The molecule has 6 rings (SSSR count). The number of nitrogens with zero attached hydrogens (tertiary/aromatic N) is 3. The van der Waals surface area contributed by atoms with Crippen LogP contribution in [0.15, 0.2) is 53.1 Å². The number of carbonyl (C=O) groups excluding carboxylic acids is 1. The second kappa shape index (κ2) is 7.91. The first-order valence-electron chi connectivity index (χ1n) is 11.5. The number of H-pyrrole nitrogens is 1. The van der Waals surface area contributed by atoms with E-state index in [-0.39, 0.29) is 0 Å². The van der Waals surface area contributed by atoms with Gasteiger partial charge in [0.25, 0.3) is 0 Å². The molecule has 0 fully saturated rings. The Bertz CT molecular complexity index is 1830. The summed E-state index contributed by atoms with van der Waals surface area (Å²) in [6.45, 7) is 5.66. The Morgan fingerprint density at radius 1 is 0.972 bits per heavy atom. The van der Waals surface area contributed by atoms with Crippen molar-refractivity contribution in [2.24, 2.45) is 5.73 Å². The van der Waals surface area contributed by atoms with Crippen molar-refractivity contribution in [1.82, 2.24) is 20.1 Å². The van der Waals surface area contributed by atoms with Crippen LogP contribution in [0.3, 0.4) is 0 Å². The van der Waals surface area contributed by atoms with Crippen LogP contribution in [0.4, 0.5) is 0 Å². The van der Waals surface area contributed by atoms with Crippen LogP contribution in [-0.2, 0) is 0 Å². The third-order valence-electron chi connectivity index (χ3n) is 6.63. The average Bonchev–Trinajstić information content (AvgIpc) is 3.39. The second-order valence-corrected chi connectivity index (χ2v) is 8.84. The van der Waals surface area contributed by atoms with Crippen molar-refractivity contribution in [3.05, 3.63) is 71.4 Å². The second-order valence-electron chi connectivity index (χ2n) is 8.84. The molecule has 0 saturated heterocycles. The van der Waals surface area contributed by atoms with Crippen molar-refractivity contribution in [3.8, 4) is 28.1 Å². The smallest absolute Gasteiger partial charge is 0.249 e. The quantitative estimate of drug-likeness (QED) is 0.340. The minimum Gasteiger partial charge on any atom is -0.496 e. The average molecular weight is 478 g/mol. The molecule has 0 atom stereocenters. The summed E-state index contributed by atoms with van der Waals surface area (Å²) in [4.78, 5) is 25.1. The third-order valence-corrected chi connectivity index (χ3v) is 6.63. The van der Waals surface area contributed by atoms with Gasteiger partial charge in [-0.1, -0.05) is 35.5 Å². The number of methoxy groups -OCH3 is 1. The van der Waals surface area contributed by atoms with Gasteiger partial charge in [-0.25, -0.2) is 9.97 Å². The van der Waals surface area contributed by atoms with Crippen LogP contribution in [0.2, 0.25) is 0 Å². The molecule has 0 unspecified atom stereocenters. The van der Waals surface area contributed by atoms with Crippen molar-refractivity contribution in [2.75, 3.05) is 7.11 Å². The summed E-state index contributed by atoms with van der Waals surface area (Å²) >= 11 is 0. The highest BCUT2D eigenvalue weighted by Gasteiger charge is 2.22. The summed E-state index contributed by atoms with van der Waals surface area (Å²) < 4.78 is 11.2. The molecule has 0 radical (unpaired) electrons. The highest BCUT2D eigenvalue weighted by Crippen LogP contribution is 2.42. The lowest BCUT2D eigenvalue weighted by molar-refractivity contribution is 0.100. The lowest BCUT2D eigenvalue weighted by Crippen LogP contribution is -2.11. The van der Waals surface area contributed by atoms with Gasteiger partial charge < -0.3 is 20.0 Å². The van der Waals surface area contributed by atoms with Gasteiger partial charge in [0.05, 0.1) is 29.4 Å². The molecule has 0 aliphatic heterocycles. The van der Waals surface area contributed by atoms with E-state index in [0.717, 1.165) is 60.9 Å². The molecule has 36 heavy (non-hydrogen) atoms. The van der Waals surface area contributed by atoms with E-state index in [9.17, 15) is 4.79 Å². The van der Waals surface area contributed by atoms with Gasteiger partial charge in [0.1, 0.15) is 23.0 Å². The predicted molar refractivity (Wildman–Crippen MR) is 139 cm³/mol. The normalized spacial score (nSPS) is 11.6. The lowest BCUT2D eigenvalue weighted by Gasteiger charge is -2.12. The molecular formula is C28H23N5O3. The molecule has 8 heteroatoms. The fraction of sp³-hybridized carbons (Fsp3) is 0.143. The summed E-state index contributed by atoms with van der Waals surface area (Å²) in [5.41, 5.74) is 12.0. The number of carbonyl (C=O) groups is 1. The topological polar surface area (TPSA) is 120 Å². The van der Waals surface area contributed by atoms with Gasteiger partial charge in [0.2, 0.25) is 5.91 Å². The Balaban J connectivity index is 1.70. The molecule has 3 heterocycles. The van der Waals surface area contributed by atoms with Gasteiger partial charge in [-0.15, -0.1) is 0 Å². The van der Waals surface area contributed by atoms with Crippen LogP contribution in [0, 0.1) is 20.8 Å². The molecule has 0 saturated carbocycles. The maximum Gasteiger partial charge on any atom is 0.249 e. The number of amides is 1. The van der Waals surface area contributed by atoms with E-state index in [1.165, 1.54) is 0 Å². The first-order valence-corrected chi connectivity index (χ1v) is 11.5. The Morgan fingerprint density at radius 3 is 2.44 bits per heavy atom. The maximum absolute atomic E-state index is 12.1. The zero-order valence-corrected chi connectivity index (χ0v) is 20.3. The molecule has 3 aromatic carbocycles. The molecule has 0 bridgehead atoms. The van der Waals surface area contributed by atoms with Crippen LogP contribution in [-0.4, -0.2) is 33.1 Å². The van der Waals surface area contributed by atoms with E-state index in [2.05, 4.69) is 10.1 Å². The molecule has 0 aliphatic rings. The highest BCUT2D eigenvalue weighted by molar-refractivity contribution is 6.17. The van der Waals surface area contributed by atoms with Crippen LogP contribution < -0.4 is 10.5 Å².